The van der Waals surface area contributed by atoms with Crippen molar-refractivity contribution in [2.24, 2.45) is 5.92 Å². The third-order valence-electron chi connectivity index (χ3n) is 3.14. The number of hydrogen-bond acceptors (Lipinski definition) is 3. The molecule has 15 heavy (non-hydrogen) atoms. The van der Waals surface area contributed by atoms with Crippen LogP contribution in [0.2, 0.25) is 0 Å². The van der Waals surface area contributed by atoms with E-state index in [0.717, 1.165) is 18.5 Å². The number of esters is 1. The van der Waals surface area contributed by atoms with E-state index in [1.54, 1.807) is 0 Å². The summed E-state index contributed by atoms with van der Waals surface area (Å²) in [5.41, 5.74) is 7.56. The van der Waals surface area contributed by atoms with Crippen molar-refractivity contribution < 1.29 is 9.53 Å². The van der Waals surface area contributed by atoms with Crippen LogP contribution in [0.1, 0.15) is 24.3 Å². The van der Waals surface area contributed by atoms with Crippen LogP contribution < -0.4 is 5.73 Å². The van der Waals surface area contributed by atoms with Gasteiger partial charge in [0.2, 0.25) is 0 Å². The summed E-state index contributed by atoms with van der Waals surface area (Å²) in [5, 5.41) is 0. The number of carbonyl (C=O) groups is 1. The van der Waals surface area contributed by atoms with Crippen molar-refractivity contribution >= 4 is 11.7 Å². The summed E-state index contributed by atoms with van der Waals surface area (Å²) in [6, 6.07) is 7.74. The van der Waals surface area contributed by atoms with E-state index in [4.69, 9.17) is 10.5 Å². The van der Waals surface area contributed by atoms with Crippen LogP contribution in [0.5, 0.6) is 0 Å². The SMILES string of the molecule is COC(=O)C1CCC1c1ccc(N)cc1. The second kappa shape index (κ2) is 3.93. The third-order valence-corrected chi connectivity index (χ3v) is 3.14. The van der Waals surface area contributed by atoms with E-state index in [9.17, 15) is 4.79 Å². The zero-order valence-electron chi connectivity index (χ0n) is 8.77. The minimum atomic E-state index is -0.0944. The predicted molar refractivity (Wildman–Crippen MR) is 58.3 cm³/mol. The highest BCUT2D eigenvalue weighted by molar-refractivity contribution is 5.74. The number of methoxy groups -OCH3 is 1. The molecule has 80 valence electrons. The van der Waals surface area contributed by atoms with Gasteiger partial charge < -0.3 is 10.5 Å². The van der Waals surface area contributed by atoms with E-state index in [2.05, 4.69) is 0 Å². The number of benzene rings is 1. The highest BCUT2D eigenvalue weighted by Crippen LogP contribution is 2.43. The van der Waals surface area contributed by atoms with Gasteiger partial charge in [-0.15, -0.1) is 0 Å². The van der Waals surface area contributed by atoms with Crippen LogP contribution in [0, 0.1) is 5.92 Å². The molecule has 1 aliphatic carbocycles. The first-order valence-corrected chi connectivity index (χ1v) is 5.15. The molecule has 0 bridgehead atoms. The van der Waals surface area contributed by atoms with Crippen molar-refractivity contribution in [2.75, 3.05) is 12.8 Å². The zero-order valence-corrected chi connectivity index (χ0v) is 8.77. The van der Waals surface area contributed by atoms with Gasteiger partial charge in [-0.05, 0) is 36.5 Å². The standard InChI is InChI=1S/C12H15NO2/c1-15-12(14)11-7-6-10(11)8-2-4-9(13)5-3-8/h2-5,10-11H,6-7,13H2,1H3. The maximum absolute atomic E-state index is 11.4. The summed E-state index contributed by atoms with van der Waals surface area (Å²) in [6.07, 6.45) is 1.99. The minimum absolute atomic E-state index is 0.0404. The van der Waals surface area contributed by atoms with Gasteiger partial charge in [0.15, 0.2) is 0 Å². The fraction of sp³-hybridized carbons (Fsp3) is 0.417. The van der Waals surface area contributed by atoms with Crippen molar-refractivity contribution in [1.29, 1.82) is 0 Å². The number of nitrogens with two attached hydrogens (primary N) is 1. The van der Waals surface area contributed by atoms with E-state index in [0.29, 0.717) is 5.92 Å². The molecule has 0 radical (unpaired) electrons. The molecule has 2 unspecified atom stereocenters. The Hall–Kier alpha value is -1.51. The maximum Gasteiger partial charge on any atom is 0.309 e. The second-order valence-electron chi connectivity index (χ2n) is 3.98. The molecule has 3 heteroatoms. The molecule has 1 fully saturated rings. The van der Waals surface area contributed by atoms with E-state index in [1.165, 1.54) is 12.7 Å². The third kappa shape index (κ3) is 1.82. The van der Waals surface area contributed by atoms with Crippen molar-refractivity contribution in [3.8, 4) is 0 Å². The topological polar surface area (TPSA) is 52.3 Å². The van der Waals surface area contributed by atoms with Gasteiger partial charge in [0.05, 0.1) is 13.0 Å². The van der Waals surface area contributed by atoms with Crippen LogP contribution in [-0.2, 0) is 9.53 Å². The highest BCUT2D eigenvalue weighted by atomic mass is 16.5. The van der Waals surface area contributed by atoms with Crippen LogP contribution in [0.4, 0.5) is 5.69 Å². The Bertz CT molecular complexity index is 358. The van der Waals surface area contributed by atoms with Gasteiger partial charge in [-0.2, -0.15) is 0 Å². The van der Waals surface area contributed by atoms with Gasteiger partial charge in [-0.3, -0.25) is 4.79 Å². The summed E-state index contributed by atoms with van der Waals surface area (Å²) >= 11 is 0. The molecular formula is C12H15NO2. The Morgan fingerprint density at radius 2 is 2.00 bits per heavy atom. The fourth-order valence-corrected chi connectivity index (χ4v) is 2.08. The Balaban J connectivity index is 2.12. The van der Waals surface area contributed by atoms with E-state index in [1.807, 2.05) is 24.3 Å². The van der Waals surface area contributed by atoms with Crippen molar-refractivity contribution in [1.82, 2.24) is 0 Å². The zero-order chi connectivity index (χ0) is 10.8. The average molecular weight is 205 g/mol. The number of anilines is 1. The molecular weight excluding hydrogens is 190 g/mol. The van der Waals surface area contributed by atoms with Crippen LogP contribution in [0.15, 0.2) is 24.3 Å². The second-order valence-corrected chi connectivity index (χ2v) is 3.98. The average Bonchev–Trinajstić information content (AvgIpc) is 2.19. The normalized spacial score (nSPS) is 24.3. The smallest absolute Gasteiger partial charge is 0.309 e. The maximum atomic E-state index is 11.4. The first-order chi connectivity index (χ1) is 7.22. The molecule has 0 heterocycles. The highest BCUT2D eigenvalue weighted by Gasteiger charge is 2.38. The molecule has 0 aliphatic heterocycles. The predicted octanol–water partition coefficient (Wildman–Crippen LogP) is 1.94. The first kappa shape index (κ1) is 10.0. The molecule has 1 saturated carbocycles. The summed E-state index contributed by atoms with van der Waals surface area (Å²) in [4.78, 5) is 11.4. The van der Waals surface area contributed by atoms with Crippen LogP contribution in [0.25, 0.3) is 0 Å². The number of ether oxygens (including phenoxy) is 1. The molecule has 0 aromatic heterocycles. The number of hydrogen-bond donors (Lipinski definition) is 1. The van der Waals surface area contributed by atoms with Gasteiger partial charge in [0.25, 0.3) is 0 Å². The lowest BCUT2D eigenvalue weighted by molar-refractivity contribution is -0.149. The van der Waals surface area contributed by atoms with Gasteiger partial charge in [0.1, 0.15) is 0 Å². The van der Waals surface area contributed by atoms with Gasteiger partial charge >= 0.3 is 5.97 Å². The Kier molecular flexibility index (Phi) is 2.62. The monoisotopic (exact) mass is 205 g/mol. The molecule has 1 aromatic rings. The van der Waals surface area contributed by atoms with E-state index in [-0.39, 0.29) is 11.9 Å². The van der Waals surface area contributed by atoms with Crippen molar-refractivity contribution in [2.45, 2.75) is 18.8 Å². The van der Waals surface area contributed by atoms with Gasteiger partial charge in [0, 0.05) is 5.69 Å². The molecule has 2 rings (SSSR count). The molecule has 0 spiro atoms. The summed E-state index contributed by atoms with van der Waals surface area (Å²) in [6.45, 7) is 0. The van der Waals surface area contributed by atoms with Gasteiger partial charge in [-0.25, -0.2) is 0 Å². The Morgan fingerprint density at radius 3 is 2.47 bits per heavy atom. The number of nitrogen functional groups attached to an aromatic ring is 1. The van der Waals surface area contributed by atoms with Crippen molar-refractivity contribution in [3.63, 3.8) is 0 Å². The van der Waals surface area contributed by atoms with Crippen LogP contribution in [0.3, 0.4) is 0 Å². The lowest BCUT2D eigenvalue weighted by Gasteiger charge is -2.34. The molecule has 0 saturated heterocycles. The lowest BCUT2D eigenvalue weighted by atomic mass is 9.70. The summed E-state index contributed by atoms with van der Waals surface area (Å²) in [5.74, 6) is 0.264. The number of carbonyl (C=O) groups excluding carboxylic acids is 1. The van der Waals surface area contributed by atoms with E-state index >= 15 is 0 Å². The first-order valence-electron chi connectivity index (χ1n) is 5.15. The lowest BCUT2D eigenvalue weighted by Crippen LogP contribution is -2.32. The fourth-order valence-electron chi connectivity index (χ4n) is 2.08. The molecule has 1 aromatic carbocycles. The largest absolute Gasteiger partial charge is 0.469 e. The van der Waals surface area contributed by atoms with E-state index < -0.39 is 0 Å². The quantitative estimate of drug-likeness (QED) is 0.593. The molecule has 0 amide bonds. The molecule has 2 atom stereocenters. The summed E-state index contributed by atoms with van der Waals surface area (Å²) in [7, 11) is 1.45. The summed E-state index contributed by atoms with van der Waals surface area (Å²) < 4.78 is 4.77. The Morgan fingerprint density at radius 1 is 1.33 bits per heavy atom. The Labute approximate surface area is 89.2 Å². The number of rotatable bonds is 2. The van der Waals surface area contributed by atoms with Gasteiger partial charge in [-0.1, -0.05) is 12.1 Å². The minimum Gasteiger partial charge on any atom is -0.469 e. The molecule has 2 N–H and O–H groups in total. The molecule has 3 nitrogen and oxygen atoms in total. The van der Waals surface area contributed by atoms with Crippen LogP contribution >= 0.6 is 0 Å². The van der Waals surface area contributed by atoms with Crippen molar-refractivity contribution in [3.05, 3.63) is 29.8 Å². The van der Waals surface area contributed by atoms with Crippen LogP contribution in [-0.4, -0.2) is 13.1 Å². The molecule has 1 aliphatic rings.